The molecule has 4 heteroatoms. The molecular weight excluding hydrogens is 250 g/mol. The molecule has 1 fully saturated rings. The van der Waals surface area contributed by atoms with Crippen molar-refractivity contribution in [2.24, 2.45) is 5.73 Å². The van der Waals surface area contributed by atoms with Crippen LogP contribution in [-0.4, -0.2) is 65.8 Å². The van der Waals surface area contributed by atoms with Gasteiger partial charge < -0.3 is 20.6 Å². The summed E-state index contributed by atoms with van der Waals surface area (Å²) in [4.78, 5) is 5.05. The molecule has 0 aromatic rings. The molecule has 120 valence electrons. The Hall–Kier alpha value is -0.160. The minimum atomic E-state index is -0.338. The fraction of sp³-hybridized carbons (Fsp3) is 1.00. The predicted octanol–water partition coefficient (Wildman–Crippen LogP) is 1.67. The molecule has 2 unspecified atom stereocenters. The summed E-state index contributed by atoms with van der Waals surface area (Å²) < 4.78 is 0. The minimum absolute atomic E-state index is 0.125. The standard InChI is InChI=1S/C16H35N3O/c1-4-18(5-2)11-8-12-19(6-3)15-9-7-10-16(17,13-15)14-20/h15,20H,4-14,17H2,1-3H3. The average molecular weight is 285 g/mol. The third-order valence-electron chi connectivity index (χ3n) is 4.91. The lowest BCUT2D eigenvalue weighted by atomic mass is 9.79. The number of hydrogen-bond donors (Lipinski definition) is 2. The van der Waals surface area contributed by atoms with Gasteiger partial charge in [0.2, 0.25) is 0 Å². The van der Waals surface area contributed by atoms with E-state index in [4.69, 9.17) is 5.73 Å². The zero-order chi connectivity index (χ0) is 15.0. The van der Waals surface area contributed by atoms with Crippen LogP contribution < -0.4 is 5.73 Å². The molecule has 1 aliphatic rings. The van der Waals surface area contributed by atoms with E-state index in [1.54, 1.807) is 0 Å². The van der Waals surface area contributed by atoms with Crippen LogP contribution in [0.5, 0.6) is 0 Å². The molecule has 1 saturated carbocycles. The van der Waals surface area contributed by atoms with Crippen molar-refractivity contribution in [1.29, 1.82) is 0 Å². The molecule has 20 heavy (non-hydrogen) atoms. The Bertz CT molecular complexity index is 258. The van der Waals surface area contributed by atoms with Crippen molar-refractivity contribution in [2.75, 3.05) is 39.3 Å². The first-order valence-electron chi connectivity index (χ1n) is 8.44. The Morgan fingerprint density at radius 3 is 2.40 bits per heavy atom. The zero-order valence-corrected chi connectivity index (χ0v) is 13.8. The molecule has 0 saturated heterocycles. The second-order valence-corrected chi connectivity index (χ2v) is 6.28. The first-order valence-corrected chi connectivity index (χ1v) is 8.44. The fourth-order valence-electron chi connectivity index (χ4n) is 3.45. The van der Waals surface area contributed by atoms with Crippen molar-refractivity contribution >= 4 is 0 Å². The molecule has 0 radical (unpaired) electrons. The predicted molar refractivity (Wildman–Crippen MR) is 85.9 cm³/mol. The summed E-state index contributed by atoms with van der Waals surface area (Å²) in [5.41, 5.74) is 5.94. The Morgan fingerprint density at radius 1 is 1.15 bits per heavy atom. The number of aliphatic hydroxyl groups is 1. The normalized spacial score (nSPS) is 27.4. The van der Waals surface area contributed by atoms with Crippen LogP contribution in [0.25, 0.3) is 0 Å². The molecule has 0 bridgehead atoms. The number of nitrogens with zero attached hydrogens (tertiary/aromatic N) is 2. The monoisotopic (exact) mass is 285 g/mol. The average Bonchev–Trinajstić information content (AvgIpc) is 2.48. The molecule has 0 aliphatic heterocycles. The maximum Gasteiger partial charge on any atom is 0.0611 e. The van der Waals surface area contributed by atoms with Crippen molar-refractivity contribution in [3.63, 3.8) is 0 Å². The lowest BCUT2D eigenvalue weighted by Gasteiger charge is -2.42. The van der Waals surface area contributed by atoms with E-state index in [9.17, 15) is 5.11 Å². The maximum atomic E-state index is 9.49. The summed E-state index contributed by atoms with van der Waals surface area (Å²) in [6, 6.07) is 0.558. The SMILES string of the molecule is CCN(CC)CCCN(CC)C1CCCC(N)(CO)C1. The van der Waals surface area contributed by atoms with E-state index in [1.165, 1.54) is 19.4 Å². The summed E-state index contributed by atoms with van der Waals surface area (Å²) in [5.74, 6) is 0. The molecule has 0 aromatic carbocycles. The molecular formula is C16H35N3O. The summed E-state index contributed by atoms with van der Waals surface area (Å²) in [6.45, 7) is 12.5. The molecule has 4 nitrogen and oxygen atoms in total. The molecule has 0 heterocycles. The van der Waals surface area contributed by atoms with Crippen LogP contribution in [0, 0.1) is 0 Å². The number of aliphatic hydroxyl groups excluding tert-OH is 1. The highest BCUT2D eigenvalue weighted by Gasteiger charge is 2.34. The van der Waals surface area contributed by atoms with Crippen molar-refractivity contribution < 1.29 is 5.11 Å². The lowest BCUT2D eigenvalue weighted by Crippen LogP contribution is -2.53. The van der Waals surface area contributed by atoms with E-state index in [-0.39, 0.29) is 12.1 Å². The van der Waals surface area contributed by atoms with Crippen LogP contribution in [-0.2, 0) is 0 Å². The molecule has 0 spiro atoms. The highest BCUT2D eigenvalue weighted by atomic mass is 16.3. The second-order valence-electron chi connectivity index (χ2n) is 6.28. The van der Waals surface area contributed by atoms with Crippen LogP contribution in [0.15, 0.2) is 0 Å². The largest absolute Gasteiger partial charge is 0.394 e. The molecule has 3 N–H and O–H groups in total. The van der Waals surface area contributed by atoms with Gasteiger partial charge >= 0.3 is 0 Å². The van der Waals surface area contributed by atoms with Crippen molar-refractivity contribution in [1.82, 2.24) is 9.80 Å². The van der Waals surface area contributed by atoms with Crippen LogP contribution in [0.1, 0.15) is 52.9 Å². The van der Waals surface area contributed by atoms with E-state index >= 15 is 0 Å². The molecule has 1 aliphatic carbocycles. The summed E-state index contributed by atoms with van der Waals surface area (Å²) in [7, 11) is 0. The molecule has 1 rings (SSSR count). The van der Waals surface area contributed by atoms with Crippen molar-refractivity contribution in [2.45, 2.75) is 64.5 Å². The number of nitrogens with two attached hydrogens (primary N) is 1. The van der Waals surface area contributed by atoms with Gasteiger partial charge in [0.05, 0.1) is 6.61 Å². The molecule has 2 atom stereocenters. The van der Waals surface area contributed by atoms with Gasteiger partial charge in [-0.15, -0.1) is 0 Å². The van der Waals surface area contributed by atoms with Crippen LogP contribution in [0.2, 0.25) is 0 Å². The summed E-state index contributed by atoms with van der Waals surface area (Å²) in [5, 5.41) is 9.49. The van der Waals surface area contributed by atoms with Crippen molar-refractivity contribution in [3.8, 4) is 0 Å². The van der Waals surface area contributed by atoms with E-state index in [2.05, 4.69) is 30.6 Å². The Morgan fingerprint density at radius 2 is 1.85 bits per heavy atom. The van der Waals surface area contributed by atoms with Gasteiger partial charge in [-0.25, -0.2) is 0 Å². The van der Waals surface area contributed by atoms with Gasteiger partial charge in [-0.2, -0.15) is 0 Å². The van der Waals surface area contributed by atoms with E-state index in [0.717, 1.165) is 45.4 Å². The minimum Gasteiger partial charge on any atom is -0.394 e. The first-order chi connectivity index (χ1) is 9.58. The van der Waals surface area contributed by atoms with Crippen LogP contribution in [0.4, 0.5) is 0 Å². The number of rotatable bonds is 9. The third kappa shape index (κ3) is 5.32. The van der Waals surface area contributed by atoms with Gasteiger partial charge in [-0.05, 0) is 64.8 Å². The highest BCUT2D eigenvalue weighted by Crippen LogP contribution is 2.29. The Labute approximate surface area is 125 Å². The van der Waals surface area contributed by atoms with Gasteiger partial charge in [-0.3, -0.25) is 0 Å². The first kappa shape index (κ1) is 17.9. The third-order valence-corrected chi connectivity index (χ3v) is 4.91. The zero-order valence-electron chi connectivity index (χ0n) is 13.8. The molecule has 0 amide bonds. The Balaban J connectivity index is 2.41. The van der Waals surface area contributed by atoms with Crippen molar-refractivity contribution in [3.05, 3.63) is 0 Å². The van der Waals surface area contributed by atoms with Gasteiger partial charge in [0, 0.05) is 11.6 Å². The maximum absolute atomic E-state index is 9.49. The van der Waals surface area contributed by atoms with E-state index < -0.39 is 0 Å². The van der Waals surface area contributed by atoms with Crippen LogP contribution >= 0.6 is 0 Å². The lowest BCUT2D eigenvalue weighted by molar-refractivity contribution is 0.0812. The topological polar surface area (TPSA) is 52.7 Å². The highest BCUT2D eigenvalue weighted by molar-refractivity contribution is 4.93. The quantitative estimate of drug-likeness (QED) is 0.677. The smallest absolute Gasteiger partial charge is 0.0611 e. The van der Waals surface area contributed by atoms with Gasteiger partial charge in [0.1, 0.15) is 0 Å². The van der Waals surface area contributed by atoms with Gasteiger partial charge in [0.15, 0.2) is 0 Å². The second kappa shape index (κ2) is 8.98. The van der Waals surface area contributed by atoms with E-state index in [1.807, 2.05) is 0 Å². The fourth-order valence-corrected chi connectivity index (χ4v) is 3.45. The van der Waals surface area contributed by atoms with Gasteiger partial charge in [0.25, 0.3) is 0 Å². The Kier molecular flexibility index (Phi) is 8.03. The van der Waals surface area contributed by atoms with E-state index in [0.29, 0.717) is 6.04 Å². The van der Waals surface area contributed by atoms with Crippen LogP contribution in [0.3, 0.4) is 0 Å². The summed E-state index contributed by atoms with van der Waals surface area (Å²) in [6.07, 6.45) is 5.52. The number of hydrogen-bond acceptors (Lipinski definition) is 4. The summed E-state index contributed by atoms with van der Waals surface area (Å²) >= 11 is 0. The molecule has 0 aromatic heterocycles. The van der Waals surface area contributed by atoms with Gasteiger partial charge in [-0.1, -0.05) is 20.8 Å².